The molecular weight excluding hydrogens is 322 g/mol. The minimum Gasteiger partial charge on any atom is -0.496 e. The quantitative estimate of drug-likeness (QED) is 0.781. The minimum atomic E-state index is -0.154. The van der Waals surface area contributed by atoms with E-state index in [9.17, 15) is 4.79 Å². The van der Waals surface area contributed by atoms with Gasteiger partial charge in [-0.3, -0.25) is 9.78 Å². The summed E-state index contributed by atoms with van der Waals surface area (Å²) < 4.78 is 5.44. The number of benzene rings is 1. The molecule has 0 bridgehead atoms. The van der Waals surface area contributed by atoms with Crippen LogP contribution in [0.2, 0.25) is 0 Å². The van der Waals surface area contributed by atoms with E-state index in [1.807, 2.05) is 32.4 Å². The SMILES string of the molecule is CCNC(=O)c1cc(N(C)Cc2ccc(SC)c(OC)c2)ccn1. The summed E-state index contributed by atoms with van der Waals surface area (Å²) in [5.74, 6) is 0.727. The number of carbonyl (C=O) groups is 1. The van der Waals surface area contributed by atoms with Crippen molar-refractivity contribution in [3.05, 3.63) is 47.8 Å². The summed E-state index contributed by atoms with van der Waals surface area (Å²) in [7, 11) is 3.68. The Kier molecular flexibility index (Phi) is 6.49. The Morgan fingerprint density at radius 1 is 1.33 bits per heavy atom. The average Bonchev–Trinajstić information content (AvgIpc) is 2.61. The molecule has 2 aromatic rings. The summed E-state index contributed by atoms with van der Waals surface area (Å²) in [6, 6.07) is 9.92. The normalized spacial score (nSPS) is 10.3. The lowest BCUT2D eigenvalue weighted by Crippen LogP contribution is -2.24. The maximum absolute atomic E-state index is 11.9. The van der Waals surface area contributed by atoms with Crippen molar-refractivity contribution in [1.29, 1.82) is 0 Å². The second kappa shape index (κ2) is 8.59. The van der Waals surface area contributed by atoms with Crippen molar-refractivity contribution in [2.75, 3.05) is 31.9 Å². The predicted molar refractivity (Wildman–Crippen MR) is 99.1 cm³/mol. The molecule has 1 heterocycles. The third kappa shape index (κ3) is 4.41. The van der Waals surface area contributed by atoms with Crippen molar-refractivity contribution in [3.63, 3.8) is 0 Å². The first-order valence-electron chi connectivity index (χ1n) is 7.75. The van der Waals surface area contributed by atoms with Crippen LogP contribution < -0.4 is 15.0 Å². The summed E-state index contributed by atoms with van der Waals surface area (Å²) >= 11 is 1.66. The fourth-order valence-electron chi connectivity index (χ4n) is 2.38. The number of anilines is 1. The Bertz CT molecular complexity index is 706. The van der Waals surface area contributed by atoms with E-state index in [-0.39, 0.29) is 5.91 Å². The first-order chi connectivity index (χ1) is 11.6. The lowest BCUT2D eigenvalue weighted by Gasteiger charge is -2.20. The average molecular weight is 345 g/mol. The molecule has 24 heavy (non-hydrogen) atoms. The standard InChI is InChI=1S/C18H23N3O2S/c1-5-19-18(22)15-11-14(8-9-20-15)21(2)12-13-6-7-17(24-4)16(10-13)23-3/h6-11H,5,12H2,1-4H3,(H,19,22). The van der Waals surface area contributed by atoms with Crippen molar-refractivity contribution >= 4 is 23.4 Å². The maximum Gasteiger partial charge on any atom is 0.269 e. The summed E-state index contributed by atoms with van der Waals surface area (Å²) in [4.78, 5) is 19.3. The van der Waals surface area contributed by atoms with Crippen LogP contribution in [-0.2, 0) is 6.54 Å². The van der Waals surface area contributed by atoms with Crippen LogP contribution in [0.1, 0.15) is 23.0 Å². The van der Waals surface area contributed by atoms with E-state index in [1.165, 1.54) is 0 Å². The highest BCUT2D eigenvalue weighted by Crippen LogP contribution is 2.29. The number of aromatic nitrogens is 1. The number of amides is 1. The van der Waals surface area contributed by atoms with Gasteiger partial charge < -0.3 is 15.0 Å². The summed E-state index contributed by atoms with van der Waals surface area (Å²) in [6.07, 6.45) is 3.69. The topological polar surface area (TPSA) is 54.5 Å². The molecule has 5 nitrogen and oxygen atoms in total. The van der Waals surface area contributed by atoms with Crippen molar-refractivity contribution < 1.29 is 9.53 Å². The molecule has 0 atom stereocenters. The third-order valence-corrected chi connectivity index (χ3v) is 4.40. The molecule has 0 saturated carbocycles. The van der Waals surface area contributed by atoms with Gasteiger partial charge in [0.1, 0.15) is 11.4 Å². The number of ether oxygens (including phenoxy) is 1. The molecule has 0 spiro atoms. The first-order valence-corrected chi connectivity index (χ1v) is 8.97. The van der Waals surface area contributed by atoms with E-state index in [0.29, 0.717) is 18.8 Å². The van der Waals surface area contributed by atoms with Crippen molar-refractivity contribution in [2.45, 2.75) is 18.4 Å². The van der Waals surface area contributed by atoms with E-state index in [1.54, 1.807) is 31.1 Å². The zero-order chi connectivity index (χ0) is 17.5. The van der Waals surface area contributed by atoms with Crippen LogP contribution in [0.25, 0.3) is 0 Å². The molecule has 1 aromatic heterocycles. The van der Waals surface area contributed by atoms with Gasteiger partial charge in [0.05, 0.1) is 7.11 Å². The monoisotopic (exact) mass is 345 g/mol. The highest BCUT2D eigenvalue weighted by molar-refractivity contribution is 7.98. The van der Waals surface area contributed by atoms with E-state index < -0.39 is 0 Å². The van der Waals surface area contributed by atoms with E-state index >= 15 is 0 Å². The van der Waals surface area contributed by atoms with Crippen LogP contribution in [0.4, 0.5) is 5.69 Å². The van der Waals surface area contributed by atoms with E-state index in [4.69, 9.17) is 4.74 Å². The van der Waals surface area contributed by atoms with Crippen LogP contribution in [-0.4, -0.2) is 37.8 Å². The Labute approximate surface area is 147 Å². The zero-order valence-corrected chi connectivity index (χ0v) is 15.3. The van der Waals surface area contributed by atoms with Gasteiger partial charge in [-0.25, -0.2) is 0 Å². The molecule has 1 amide bonds. The number of nitrogens with one attached hydrogen (secondary N) is 1. The van der Waals surface area contributed by atoms with Gasteiger partial charge in [0, 0.05) is 36.9 Å². The summed E-state index contributed by atoms with van der Waals surface area (Å²) in [5.41, 5.74) is 2.51. The van der Waals surface area contributed by atoms with E-state index in [2.05, 4.69) is 27.3 Å². The van der Waals surface area contributed by atoms with Crippen LogP contribution in [0.5, 0.6) is 5.75 Å². The molecule has 1 N–H and O–H groups in total. The van der Waals surface area contributed by atoms with Crippen molar-refractivity contribution in [1.82, 2.24) is 10.3 Å². The van der Waals surface area contributed by atoms with Gasteiger partial charge in [0.2, 0.25) is 0 Å². The Hall–Kier alpha value is -2.21. The number of carbonyl (C=O) groups excluding carboxylic acids is 1. The van der Waals surface area contributed by atoms with Gasteiger partial charge in [-0.05, 0) is 43.0 Å². The Morgan fingerprint density at radius 3 is 2.79 bits per heavy atom. The van der Waals surface area contributed by atoms with Gasteiger partial charge in [0.25, 0.3) is 5.91 Å². The second-order valence-electron chi connectivity index (χ2n) is 5.30. The molecule has 0 unspecified atom stereocenters. The van der Waals surface area contributed by atoms with E-state index in [0.717, 1.165) is 21.9 Å². The number of hydrogen-bond donors (Lipinski definition) is 1. The number of rotatable bonds is 7. The van der Waals surface area contributed by atoms with Gasteiger partial charge >= 0.3 is 0 Å². The van der Waals surface area contributed by atoms with Crippen molar-refractivity contribution in [3.8, 4) is 5.75 Å². The molecule has 0 saturated heterocycles. The number of hydrogen-bond acceptors (Lipinski definition) is 5. The van der Waals surface area contributed by atoms with Crippen LogP contribution in [0.15, 0.2) is 41.4 Å². The molecule has 0 aliphatic rings. The highest BCUT2D eigenvalue weighted by atomic mass is 32.2. The highest BCUT2D eigenvalue weighted by Gasteiger charge is 2.10. The zero-order valence-electron chi connectivity index (χ0n) is 14.5. The van der Waals surface area contributed by atoms with Gasteiger partial charge in [-0.1, -0.05) is 6.07 Å². The fourth-order valence-corrected chi connectivity index (χ4v) is 2.92. The third-order valence-electron chi connectivity index (χ3n) is 3.62. The number of thioether (sulfide) groups is 1. The molecule has 0 aliphatic carbocycles. The van der Waals surface area contributed by atoms with Gasteiger partial charge in [-0.2, -0.15) is 0 Å². The summed E-state index contributed by atoms with van der Waals surface area (Å²) in [6.45, 7) is 3.19. The molecular formula is C18H23N3O2S. The smallest absolute Gasteiger partial charge is 0.269 e. The Morgan fingerprint density at radius 2 is 2.12 bits per heavy atom. The maximum atomic E-state index is 11.9. The molecule has 0 fully saturated rings. The number of nitrogens with zero attached hydrogens (tertiary/aromatic N) is 2. The lowest BCUT2D eigenvalue weighted by molar-refractivity contribution is 0.0951. The van der Waals surface area contributed by atoms with Crippen LogP contribution in [0, 0.1) is 0 Å². The van der Waals surface area contributed by atoms with Crippen LogP contribution >= 0.6 is 11.8 Å². The minimum absolute atomic E-state index is 0.154. The first kappa shape index (κ1) is 18.1. The number of methoxy groups -OCH3 is 1. The molecule has 0 radical (unpaired) electrons. The van der Waals surface area contributed by atoms with Crippen LogP contribution in [0.3, 0.4) is 0 Å². The van der Waals surface area contributed by atoms with Crippen molar-refractivity contribution in [2.24, 2.45) is 0 Å². The van der Waals surface area contributed by atoms with Gasteiger partial charge in [0.15, 0.2) is 0 Å². The largest absolute Gasteiger partial charge is 0.496 e. The molecule has 0 aliphatic heterocycles. The molecule has 2 rings (SSSR count). The number of pyridine rings is 1. The molecule has 128 valence electrons. The Balaban J connectivity index is 2.16. The fraction of sp³-hybridized carbons (Fsp3) is 0.333. The second-order valence-corrected chi connectivity index (χ2v) is 6.15. The molecule has 6 heteroatoms. The summed E-state index contributed by atoms with van der Waals surface area (Å²) in [5, 5.41) is 2.77. The lowest BCUT2D eigenvalue weighted by atomic mass is 10.2. The van der Waals surface area contributed by atoms with Gasteiger partial charge in [-0.15, -0.1) is 11.8 Å². The molecule has 1 aromatic carbocycles. The predicted octanol–water partition coefficient (Wildman–Crippen LogP) is 3.20.